The first-order valence-electron chi connectivity index (χ1n) is 19.3. The van der Waals surface area contributed by atoms with E-state index in [1.54, 1.807) is 0 Å². The van der Waals surface area contributed by atoms with Crippen LogP contribution in [-0.4, -0.2) is 6.04 Å². The maximum Gasteiger partial charge on any atom is 0.0726 e. The highest BCUT2D eigenvalue weighted by Gasteiger charge is 2.52. The Morgan fingerprint density at radius 1 is 0.418 bits per heavy atom. The van der Waals surface area contributed by atoms with Crippen molar-refractivity contribution < 1.29 is 0 Å². The average Bonchev–Trinajstić information content (AvgIpc) is 3.85. The van der Waals surface area contributed by atoms with E-state index < -0.39 is 5.41 Å². The van der Waals surface area contributed by atoms with Gasteiger partial charge in [-0.05, 0) is 128 Å². The molecule has 2 nitrogen and oxygen atoms in total. The van der Waals surface area contributed by atoms with Gasteiger partial charge in [-0.2, -0.15) is 0 Å². The number of para-hydroxylation sites is 2. The second-order valence-electron chi connectivity index (χ2n) is 15.2. The maximum atomic E-state index is 2.51. The van der Waals surface area contributed by atoms with Crippen molar-refractivity contribution in [2.75, 3.05) is 9.80 Å². The Balaban J connectivity index is 1.09. The first-order valence-corrected chi connectivity index (χ1v) is 19.3. The van der Waals surface area contributed by atoms with Gasteiger partial charge in [-0.25, -0.2) is 0 Å². The maximum absolute atomic E-state index is 2.51. The highest BCUT2D eigenvalue weighted by atomic mass is 15.2. The first kappa shape index (κ1) is 30.6. The van der Waals surface area contributed by atoms with Gasteiger partial charge in [0, 0.05) is 34.4 Å². The minimum absolute atomic E-state index is 0.236. The van der Waals surface area contributed by atoms with E-state index in [2.05, 4.69) is 216 Å². The Kier molecular flexibility index (Phi) is 6.41. The van der Waals surface area contributed by atoms with Crippen LogP contribution in [-0.2, 0) is 5.41 Å². The zero-order valence-corrected chi connectivity index (χ0v) is 30.2. The van der Waals surface area contributed by atoms with Crippen LogP contribution in [0, 0.1) is 0 Å². The van der Waals surface area contributed by atoms with E-state index in [-0.39, 0.29) is 12.0 Å². The summed E-state index contributed by atoms with van der Waals surface area (Å²) in [7, 11) is 0. The van der Waals surface area contributed by atoms with Gasteiger partial charge in [-0.15, -0.1) is 0 Å². The van der Waals surface area contributed by atoms with Gasteiger partial charge in [0.15, 0.2) is 0 Å². The van der Waals surface area contributed by atoms with E-state index in [4.69, 9.17) is 0 Å². The summed E-state index contributed by atoms with van der Waals surface area (Å²) >= 11 is 0. The molecular weight excluding hydrogens is 665 g/mol. The fourth-order valence-corrected chi connectivity index (χ4v) is 10.3. The summed E-state index contributed by atoms with van der Waals surface area (Å²) in [6.07, 6.45) is 9.13. The summed E-state index contributed by atoms with van der Waals surface area (Å²) in [5.41, 5.74) is 17.5. The van der Waals surface area contributed by atoms with E-state index in [9.17, 15) is 0 Å². The van der Waals surface area contributed by atoms with Gasteiger partial charge in [0.05, 0.1) is 11.5 Å². The van der Waals surface area contributed by atoms with Gasteiger partial charge < -0.3 is 9.80 Å². The molecular formula is C53H36N2. The van der Waals surface area contributed by atoms with E-state index >= 15 is 0 Å². The largest absolute Gasteiger partial charge is 0.333 e. The van der Waals surface area contributed by atoms with Crippen molar-refractivity contribution in [1.82, 2.24) is 0 Å². The third-order valence-electron chi connectivity index (χ3n) is 12.5. The predicted molar refractivity (Wildman–Crippen MR) is 228 cm³/mol. The fourth-order valence-electron chi connectivity index (χ4n) is 10.3. The SMILES string of the molecule is C1=CC2c3cc(N(c4ccccc4)c4ccc5c(c4)C4(c6ccccc6-5)c5ccccc5-c5cc6ccccc6cc54)ccc3N(c3ccccc3)C2C=C1. The lowest BCUT2D eigenvalue weighted by atomic mass is 9.70. The number of fused-ring (bicyclic) bond motifs is 14. The molecule has 0 N–H and O–H groups in total. The molecule has 12 rings (SSSR count). The molecule has 2 heteroatoms. The standard InChI is InChI=1S/C53H36N2/c1-3-17-37(18-4-1)54(39-28-30-52-46(33-39)44-23-11-14-26-51(44)55(52)38-19-5-2-6-20-38)40-27-29-43-41-21-9-12-24-47(41)53(50(43)34-40)48-25-13-10-22-42(48)45-31-35-15-7-8-16-36(35)32-49(45)53/h1-34,44,51H. The molecule has 0 saturated carbocycles. The van der Waals surface area contributed by atoms with Crippen molar-refractivity contribution in [1.29, 1.82) is 0 Å². The number of benzene rings is 8. The van der Waals surface area contributed by atoms with Crippen LogP contribution >= 0.6 is 0 Å². The molecule has 8 aromatic rings. The average molecular weight is 701 g/mol. The topological polar surface area (TPSA) is 6.48 Å². The lowest BCUT2D eigenvalue weighted by Gasteiger charge is -2.32. The van der Waals surface area contributed by atoms with E-state index in [0.717, 1.165) is 17.1 Å². The van der Waals surface area contributed by atoms with Crippen molar-refractivity contribution in [3.05, 3.63) is 234 Å². The number of hydrogen-bond acceptors (Lipinski definition) is 2. The summed E-state index contributed by atoms with van der Waals surface area (Å²) in [6.45, 7) is 0. The van der Waals surface area contributed by atoms with Gasteiger partial charge >= 0.3 is 0 Å². The zero-order valence-electron chi connectivity index (χ0n) is 30.2. The van der Waals surface area contributed by atoms with Crippen LogP contribution in [0.3, 0.4) is 0 Å². The van der Waals surface area contributed by atoms with Crippen molar-refractivity contribution in [2.24, 2.45) is 0 Å². The first-order chi connectivity index (χ1) is 27.3. The van der Waals surface area contributed by atoms with Crippen LogP contribution in [0.25, 0.3) is 33.0 Å². The Morgan fingerprint density at radius 3 is 1.78 bits per heavy atom. The van der Waals surface area contributed by atoms with Crippen LogP contribution < -0.4 is 9.80 Å². The molecule has 0 bridgehead atoms. The summed E-state index contributed by atoms with van der Waals surface area (Å²) in [5, 5.41) is 2.55. The quantitative estimate of drug-likeness (QED) is 0.180. The summed E-state index contributed by atoms with van der Waals surface area (Å²) < 4.78 is 0. The minimum atomic E-state index is -0.444. The van der Waals surface area contributed by atoms with Crippen molar-refractivity contribution in [3.8, 4) is 22.3 Å². The van der Waals surface area contributed by atoms with Crippen LogP contribution in [0.4, 0.5) is 28.4 Å². The molecule has 3 aliphatic carbocycles. The molecule has 8 aromatic carbocycles. The van der Waals surface area contributed by atoms with E-state index in [0.29, 0.717) is 0 Å². The Labute approximate surface area is 321 Å². The number of nitrogens with zero attached hydrogens (tertiary/aromatic N) is 2. The van der Waals surface area contributed by atoms with E-state index in [1.165, 1.54) is 72.2 Å². The lowest BCUT2D eigenvalue weighted by molar-refractivity contribution is 0.745. The molecule has 0 fully saturated rings. The Morgan fingerprint density at radius 2 is 1.00 bits per heavy atom. The number of anilines is 5. The minimum Gasteiger partial charge on any atom is -0.333 e. The van der Waals surface area contributed by atoms with Gasteiger partial charge in [-0.3, -0.25) is 0 Å². The molecule has 3 unspecified atom stereocenters. The molecule has 4 aliphatic rings. The molecule has 1 spiro atoms. The molecule has 0 radical (unpaired) electrons. The smallest absolute Gasteiger partial charge is 0.0726 e. The molecule has 55 heavy (non-hydrogen) atoms. The summed E-state index contributed by atoms with van der Waals surface area (Å²) in [4.78, 5) is 4.97. The number of rotatable bonds is 4. The van der Waals surface area contributed by atoms with Gasteiger partial charge in [0.25, 0.3) is 0 Å². The molecule has 3 atom stereocenters. The highest BCUT2D eigenvalue weighted by molar-refractivity contribution is 6.00. The summed E-state index contributed by atoms with van der Waals surface area (Å²) in [5.74, 6) is 0.261. The molecule has 258 valence electrons. The van der Waals surface area contributed by atoms with Crippen LogP contribution in [0.2, 0.25) is 0 Å². The molecule has 0 saturated heterocycles. The Bertz CT molecular complexity index is 2900. The van der Waals surface area contributed by atoms with Crippen molar-refractivity contribution in [2.45, 2.75) is 17.4 Å². The fraction of sp³-hybridized carbons (Fsp3) is 0.0566. The Hall–Kier alpha value is -6.90. The zero-order chi connectivity index (χ0) is 36.1. The second kappa shape index (κ2) is 11.5. The highest BCUT2D eigenvalue weighted by Crippen LogP contribution is 2.64. The second-order valence-corrected chi connectivity index (χ2v) is 15.2. The van der Waals surface area contributed by atoms with Crippen molar-refractivity contribution in [3.63, 3.8) is 0 Å². The van der Waals surface area contributed by atoms with Crippen LogP contribution in [0.1, 0.15) is 33.7 Å². The van der Waals surface area contributed by atoms with E-state index in [1.807, 2.05) is 0 Å². The van der Waals surface area contributed by atoms with Gasteiger partial charge in [-0.1, -0.05) is 140 Å². The summed E-state index contributed by atoms with van der Waals surface area (Å²) in [6, 6.07) is 68.2. The van der Waals surface area contributed by atoms with Crippen LogP contribution in [0.5, 0.6) is 0 Å². The van der Waals surface area contributed by atoms with Gasteiger partial charge in [0.1, 0.15) is 0 Å². The lowest BCUT2D eigenvalue weighted by Crippen LogP contribution is -2.28. The molecule has 0 amide bonds. The third kappa shape index (κ3) is 4.20. The monoisotopic (exact) mass is 700 g/mol. The molecule has 1 aliphatic heterocycles. The van der Waals surface area contributed by atoms with Gasteiger partial charge in [0.2, 0.25) is 0 Å². The molecule has 0 aromatic heterocycles. The number of allylic oxidation sites excluding steroid dienone is 2. The van der Waals surface area contributed by atoms with Crippen LogP contribution in [0.15, 0.2) is 206 Å². The third-order valence-corrected chi connectivity index (χ3v) is 12.5. The molecule has 1 heterocycles. The van der Waals surface area contributed by atoms with Crippen molar-refractivity contribution >= 4 is 39.2 Å². The number of hydrogen-bond donors (Lipinski definition) is 0. The predicted octanol–water partition coefficient (Wildman–Crippen LogP) is 13.4. The normalized spacial score (nSPS) is 19.2.